The smallest absolute Gasteiger partial charge is 0.142 e. The SMILES string of the molecule is COc1ccccc1-c1c(C)nc(N)c(C#N)c1-c1ccc(C(C)C)cc1. The quantitative estimate of drug-likeness (QED) is 0.687. The number of nitrogens with zero attached hydrogens (tertiary/aromatic N) is 2. The van der Waals surface area contributed by atoms with Crippen LogP contribution in [0.1, 0.15) is 36.6 Å². The van der Waals surface area contributed by atoms with Crippen LogP contribution in [-0.4, -0.2) is 12.1 Å². The van der Waals surface area contributed by atoms with E-state index in [0.29, 0.717) is 11.5 Å². The number of aromatic nitrogens is 1. The van der Waals surface area contributed by atoms with Crippen LogP contribution in [0.4, 0.5) is 5.82 Å². The number of ether oxygens (including phenoxy) is 1. The summed E-state index contributed by atoms with van der Waals surface area (Å²) in [4.78, 5) is 4.43. The highest BCUT2D eigenvalue weighted by molar-refractivity contribution is 5.92. The molecule has 0 aliphatic carbocycles. The van der Waals surface area contributed by atoms with Crippen molar-refractivity contribution in [2.24, 2.45) is 0 Å². The van der Waals surface area contributed by atoms with Crippen molar-refractivity contribution in [3.8, 4) is 34.1 Å². The Labute approximate surface area is 160 Å². The molecule has 0 unspecified atom stereocenters. The second kappa shape index (κ2) is 7.51. The molecule has 0 amide bonds. The van der Waals surface area contributed by atoms with Gasteiger partial charge in [0.2, 0.25) is 0 Å². The van der Waals surface area contributed by atoms with Gasteiger partial charge in [0.05, 0.1) is 7.11 Å². The number of hydrogen-bond donors (Lipinski definition) is 1. The lowest BCUT2D eigenvalue weighted by molar-refractivity contribution is 0.416. The average molecular weight is 357 g/mol. The number of nitriles is 1. The summed E-state index contributed by atoms with van der Waals surface area (Å²) < 4.78 is 5.56. The zero-order valence-corrected chi connectivity index (χ0v) is 16.1. The van der Waals surface area contributed by atoms with Crippen molar-refractivity contribution in [3.05, 3.63) is 65.4 Å². The Morgan fingerprint density at radius 1 is 1.04 bits per heavy atom. The van der Waals surface area contributed by atoms with Crippen LogP contribution in [0.3, 0.4) is 0 Å². The Bertz CT molecular complexity index is 1020. The third kappa shape index (κ3) is 3.37. The summed E-state index contributed by atoms with van der Waals surface area (Å²) >= 11 is 0. The average Bonchev–Trinajstić information content (AvgIpc) is 2.67. The minimum Gasteiger partial charge on any atom is -0.496 e. The Hall–Kier alpha value is -3.32. The molecule has 1 aromatic heterocycles. The van der Waals surface area contributed by atoms with Gasteiger partial charge < -0.3 is 10.5 Å². The van der Waals surface area contributed by atoms with E-state index in [1.807, 2.05) is 43.3 Å². The first kappa shape index (κ1) is 18.5. The normalized spacial score (nSPS) is 10.7. The van der Waals surface area contributed by atoms with Crippen LogP contribution >= 0.6 is 0 Å². The first-order chi connectivity index (χ1) is 13.0. The summed E-state index contributed by atoms with van der Waals surface area (Å²) in [5, 5.41) is 9.79. The molecule has 0 bridgehead atoms. The molecule has 27 heavy (non-hydrogen) atoms. The molecule has 1 heterocycles. The number of anilines is 1. The van der Waals surface area contributed by atoms with E-state index in [1.165, 1.54) is 5.56 Å². The molecule has 3 rings (SSSR count). The molecular weight excluding hydrogens is 334 g/mol. The number of para-hydroxylation sites is 1. The summed E-state index contributed by atoms with van der Waals surface area (Å²) in [5.74, 6) is 1.42. The molecule has 0 aliphatic heterocycles. The van der Waals surface area contributed by atoms with Gasteiger partial charge in [-0.15, -0.1) is 0 Å². The molecule has 2 N–H and O–H groups in total. The third-order valence-electron chi connectivity index (χ3n) is 4.76. The van der Waals surface area contributed by atoms with Crippen molar-refractivity contribution < 1.29 is 4.74 Å². The van der Waals surface area contributed by atoms with Crippen molar-refractivity contribution in [3.63, 3.8) is 0 Å². The fourth-order valence-corrected chi connectivity index (χ4v) is 3.34. The number of aryl methyl sites for hydroxylation is 1. The lowest BCUT2D eigenvalue weighted by Crippen LogP contribution is -2.04. The van der Waals surface area contributed by atoms with Crippen LogP contribution in [-0.2, 0) is 0 Å². The van der Waals surface area contributed by atoms with Crippen LogP contribution < -0.4 is 10.5 Å². The molecule has 4 heteroatoms. The standard InChI is InChI=1S/C23H23N3O/c1-14(2)16-9-11-17(12-10-16)22-19(13-24)23(25)26-15(3)21(22)18-7-5-6-8-20(18)27-4/h5-12,14H,1-4H3,(H2,25,26). The molecule has 2 aromatic carbocycles. The number of methoxy groups -OCH3 is 1. The highest BCUT2D eigenvalue weighted by Gasteiger charge is 2.21. The van der Waals surface area contributed by atoms with Gasteiger partial charge in [-0.2, -0.15) is 5.26 Å². The largest absolute Gasteiger partial charge is 0.496 e. The maximum absolute atomic E-state index is 9.79. The second-order valence-electron chi connectivity index (χ2n) is 6.80. The Morgan fingerprint density at radius 2 is 1.70 bits per heavy atom. The fourth-order valence-electron chi connectivity index (χ4n) is 3.34. The topological polar surface area (TPSA) is 71.9 Å². The van der Waals surface area contributed by atoms with Crippen molar-refractivity contribution in [1.82, 2.24) is 4.98 Å². The Kier molecular flexibility index (Phi) is 5.14. The Morgan fingerprint density at radius 3 is 2.30 bits per heavy atom. The van der Waals surface area contributed by atoms with Crippen LogP contribution in [0.25, 0.3) is 22.3 Å². The van der Waals surface area contributed by atoms with Crippen LogP contribution in [0.5, 0.6) is 5.75 Å². The lowest BCUT2D eigenvalue weighted by Gasteiger charge is -2.18. The highest BCUT2D eigenvalue weighted by Crippen LogP contribution is 2.42. The third-order valence-corrected chi connectivity index (χ3v) is 4.76. The first-order valence-corrected chi connectivity index (χ1v) is 8.91. The van der Waals surface area contributed by atoms with Gasteiger partial charge in [0.1, 0.15) is 23.2 Å². The summed E-state index contributed by atoms with van der Waals surface area (Å²) in [6, 6.07) is 18.3. The molecule has 3 aromatic rings. The van der Waals surface area contributed by atoms with Crippen LogP contribution in [0.2, 0.25) is 0 Å². The minimum absolute atomic E-state index is 0.247. The van der Waals surface area contributed by atoms with Crippen molar-refractivity contribution in [2.75, 3.05) is 12.8 Å². The zero-order chi connectivity index (χ0) is 19.6. The number of hydrogen-bond acceptors (Lipinski definition) is 4. The number of nitrogens with two attached hydrogens (primary N) is 1. The van der Waals surface area contributed by atoms with Crippen molar-refractivity contribution in [2.45, 2.75) is 26.7 Å². The number of rotatable bonds is 4. The molecule has 0 saturated carbocycles. The number of benzene rings is 2. The van der Waals surface area contributed by atoms with Crippen LogP contribution in [0.15, 0.2) is 48.5 Å². The molecule has 136 valence electrons. The van der Waals surface area contributed by atoms with E-state index in [2.05, 4.69) is 37.0 Å². The molecule has 0 fully saturated rings. The summed E-state index contributed by atoms with van der Waals surface area (Å²) in [7, 11) is 1.64. The molecule has 4 nitrogen and oxygen atoms in total. The fraction of sp³-hybridized carbons (Fsp3) is 0.217. The monoisotopic (exact) mass is 357 g/mol. The number of nitrogen functional groups attached to an aromatic ring is 1. The lowest BCUT2D eigenvalue weighted by atomic mass is 9.89. The molecule has 0 atom stereocenters. The van der Waals surface area contributed by atoms with E-state index in [1.54, 1.807) is 7.11 Å². The summed E-state index contributed by atoms with van der Waals surface area (Å²) in [6.45, 7) is 6.22. The summed E-state index contributed by atoms with van der Waals surface area (Å²) in [6.07, 6.45) is 0. The molecule has 0 aliphatic rings. The van der Waals surface area contributed by atoms with E-state index in [4.69, 9.17) is 10.5 Å². The predicted octanol–water partition coefficient (Wildman–Crippen LogP) is 5.31. The predicted molar refractivity (Wildman–Crippen MR) is 110 cm³/mol. The molecular formula is C23H23N3O. The highest BCUT2D eigenvalue weighted by atomic mass is 16.5. The first-order valence-electron chi connectivity index (χ1n) is 8.91. The van der Waals surface area contributed by atoms with Gasteiger partial charge in [0.25, 0.3) is 0 Å². The van der Waals surface area contributed by atoms with Crippen molar-refractivity contribution in [1.29, 1.82) is 5.26 Å². The molecule has 0 spiro atoms. The summed E-state index contributed by atoms with van der Waals surface area (Å²) in [5.41, 5.74) is 12.0. The minimum atomic E-state index is 0.247. The van der Waals surface area contributed by atoms with E-state index >= 15 is 0 Å². The van der Waals surface area contributed by atoms with Gasteiger partial charge in [-0.05, 0) is 30.0 Å². The second-order valence-corrected chi connectivity index (χ2v) is 6.80. The van der Waals surface area contributed by atoms with E-state index in [9.17, 15) is 5.26 Å². The van der Waals surface area contributed by atoms with Gasteiger partial charge in [0, 0.05) is 22.4 Å². The van der Waals surface area contributed by atoms with Gasteiger partial charge in [-0.1, -0.05) is 56.3 Å². The maximum Gasteiger partial charge on any atom is 0.142 e. The molecule has 0 radical (unpaired) electrons. The van der Waals surface area contributed by atoms with Gasteiger partial charge in [0.15, 0.2) is 0 Å². The van der Waals surface area contributed by atoms with Gasteiger partial charge in [-0.25, -0.2) is 4.98 Å². The number of pyridine rings is 1. The maximum atomic E-state index is 9.79. The van der Waals surface area contributed by atoms with E-state index in [0.717, 1.165) is 33.7 Å². The van der Waals surface area contributed by atoms with Gasteiger partial charge >= 0.3 is 0 Å². The van der Waals surface area contributed by atoms with Gasteiger partial charge in [-0.3, -0.25) is 0 Å². The van der Waals surface area contributed by atoms with Crippen molar-refractivity contribution >= 4 is 5.82 Å². The molecule has 0 saturated heterocycles. The Balaban J connectivity index is 2.36. The zero-order valence-electron chi connectivity index (χ0n) is 16.1. The van der Waals surface area contributed by atoms with E-state index < -0.39 is 0 Å². The van der Waals surface area contributed by atoms with E-state index in [-0.39, 0.29) is 5.82 Å². The van der Waals surface area contributed by atoms with Crippen LogP contribution in [0, 0.1) is 18.3 Å².